The van der Waals surface area contributed by atoms with Gasteiger partial charge in [0.2, 0.25) is 0 Å². The molecule has 1 saturated heterocycles. The van der Waals surface area contributed by atoms with Crippen molar-refractivity contribution >= 4 is 0 Å². The number of nitrogens with zero attached hydrogens (tertiary/aromatic N) is 3. The molecule has 80 valence electrons. The molecule has 0 bridgehead atoms. The van der Waals surface area contributed by atoms with E-state index in [0.717, 1.165) is 32.7 Å². The summed E-state index contributed by atoms with van der Waals surface area (Å²) in [6.45, 7) is 8.10. The van der Waals surface area contributed by atoms with Gasteiger partial charge in [-0.15, -0.1) is 0 Å². The Morgan fingerprint density at radius 1 is 1.29 bits per heavy atom. The summed E-state index contributed by atoms with van der Waals surface area (Å²) in [6, 6.07) is 1.99. The Kier molecular flexibility index (Phi) is 4.88. The molecule has 1 atom stereocenters. The molecule has 1 heterocycles. The minimum Gasteiger partial charge on any atom is -0.391 e. The molecule has 0 aromatic rings. The van der Waals surface area contributed by atoms with Crippen molar-refractivity contribution in [2.45, 2.75) is 19.4 Å². The Bertz CT molecular complexity index is 194. The van der Waals surface area contributed by atoms with Gasteiger partial charge in [0.05, 0.1) is 18.6 Å². The molecule has 0 aliphatic carbocycles. The number of rotatable bonds is 4. The maximum atomic E-state index is 9.45. The molecule has 0 radical (unpaired) electrons. The molecule has 4 heteroatoms. The van der Waals surface area contributed by atoms with Crippen LogP contribution in [-0.4, -0.2) is 60.3 Å². The summed E-state index contributed by atoms with van der Waals surface area (Å²) in [5.74, 6) is 0. The fraction of sp³-hybridized carbons (Fsp3) is 0.900. The first-order chi connectivity index (χ1) is 6.76. The third kappa shape index (κ3) is 3.62. The van der Waals surface area contributed by atoms with Gasteiger partial charge in [0.25, 0.3) is 0 Å². The van der Waals surface area contributed by atoms with Crippen LogP contribution in [-0.2, 0) is 0 Å². The molecule has 14 heavy (non-hydrogen) atoms. The molecule has 1 aliphatic heterocycles. The Hall–Kier alpha value is -0.630. The van der Waals surface area contributed by atoms with Gasteiger partial charge in [-0.3, -0.25) is 4.90 Å². The van der Waals surface area contributed by atoms with E-state index in [-0.39, 0.29) is 6.42 Å². The second kappa shape index (κ2) is 5.97. The lowest BCUT2D eigenvalue weighted by Crippen LogP contribution is -2.48. The number of β-amino-alcohol motifs (C(OH)–C–C–N with tert-alkyl or cyclic N) is 1. The van der Waals surface area contributed by atoms with E-state index < -0.39 is 6.10 Å². The van der Waals surface area contributed by atoms with Crippen molar-refractivity contribution < 1.29 is 5.11 Å². The normalized spacial score (nSPS) is 21.8. The average molecular weight is 197 g/mol. The number of hydrogen-bond acceptors (Lipinski definition) is 4. The van der Waals surface area contributed by atoms with E-state index in [0.29, 0.717) is 6.54 Å². The summed E-state index contributed by atoms with van der Waals surface area (Å²) in [7, 11) is 0. The molecular formula is C10H19N3O. The fourth-order valence-corrected chi connectivity index (χ4v) is 1.76. The second-order valence-electron chi connectivity index (χ2n) is 3.75. The maximum absolute atomic E-state index is 9.45. The van der Waals surface area contributed by atoms with Gasteiger partial charge < -0.3 is 10.0 Å². The van der Waals surface area contributed by atoms with E-state index in [1.54, 1.807) is 0 Å². The molecule has 1 unspecified atom stereocenters. The lowest BCUT2D eigenvalue weighted by atomic mass is 10.2. The first-order valence-corrected chi connectivity index (χ1v) is 5.26. The number of aliphatic hydroxyl groups is 1. The van der Waals surface area contributed by atoms with E-state index >= 15 is 0 Å². The molecule has 1 aliphatic rings. The highest BCUT2D eigenvalue weighted by atomic mass is 16.3. The van der Waals surface area contributed by atoms with Crippen molar-refractivity contribution in [3.05, 3.63) is 0 Å². The summed E-state index contributed by atoms with van der Waals surface area (Å²) in [6.07, 6.45) is -0.235. The van der Waals surface area contributed by atoms with Crippen LogP contribution in [0.25, 0.3) is 0 Å². The van der Waals surface area contributed by atoms with Crippen LogP contribution in [0.1, 0.15) is 13.3 Å². The van der Waals surface area contributed by atoms with Crippen LogP contribution in [0, 0.1) is 11.3 Å². The van der Waals surface area contributed by atoms with E-state index in [1.165, 1.54) is 0 Å². The van der Waals surface area contributed by atoms with Crippen molar-refractivity contribution in [2.75, 3.05) is 39.3 Å². The molecule has 0 aromatic carbocycles. The molecule has 1 rings (SSSR count). The molecule has 4 nitrogen and oxygen atoms in total. The highest BCUT2D eigenvalue weighted by Gasteiger charge is 2.17. The highest BCUT2D eigenvalue weighted by molar-refractivity contribution is 4.79. The zero-order chi connectivity index (χ0) is 10.4. The van der Waals surface area contributed by atoms with Crippen LogP contribution in [0.3, 0.4) is 0 Å². The Morgan fingerprint density at radius 3 is 2.36 bits per heavy atom. The Balaban J connectivity index is 2.19. The first-order valence-electron chi connectivity index (χ1n) is 5.26. The highest BCUT2D eigenvalue weighted by Crippen LogP contribution is 2.03. The lowest BCUT2D eigenvalue weighted by molar-refractivity contribution is 0.0767. The van der Waals surface area contributed by atoms with E-state index in [4.69, 9.17) is 5.26 Å². The summed E-state index contributed by atoms with van der Waals surface area (Å²) < 4.78 is 0. The SMILES string of the molecule is CCN1CCN(CC(O)CC#N)CC1. The minimum atomic E-state index is -0.479. The smallest absolute Gasteiger partial charge is 0.0796 e. The van der Waals surface area contributed by atoms with Gasteiger partial charge in [-0.05, 0) is 6.54 Å². The van der Waals surface area contributed by atoms with E-state index in [1.807, 2.05) is 6.07 Å². The maximum Gasteiger partial charge on any atom is 0.0796 e. The van der Waals surface area contributed by atoms with Gasteiger partial charge in [-0.2, -0.15) is 5.26 Å². The summed E-state index contributed by atoms with van der Waals surface area (Å²) in [4.78, 5) is 4.63. The molecule has 0 saturated carbocycles. The first kappa shape index (κ1) is 11.4. The Morgan fingerprint density at radius 2 is 1.86 bits per heavy atom. The zero-order valence-electron chi connectivity index (χ0n) is 8.82. The lowest BCUT2D eigenvalue weighted by Gasteiger charge is -2.34. The monoisotopic (exact) mass is 197 g/mol. The molecule has 1 fully saturated rings. The summed E-state index contributed by atoms with van der Waals surface area (Å²) >= 11 is 0. The second-order valence-corrected chi connectivity index (χ2v) is 3.75. The van der Waals surface area contributed by atoms with Gasteiger partial charge in [-0.25, -0.2) is 0 Å². The third-order valence-corrected chi connectivity index (χ3v) is 2.71. The van der Waals surface area contributed by atoms with E-state index in [2.05, 4.69) is 16.7 Å². The Labute approximate surface area is 85.7 Å². The van der Waals surface area contributed by atoms with Crippen molar-refractivity contribution in [3.8, 4) is 6.07 Å². The number of likely N-dealkylation sites (N-methyl/N-ethyl adjacent to an activating group) is 1. The predicted molar refractivity (Wildman–Crippen MR) is 54.8 cm³/mol. The molecular weight excluding hydrogens is 178 g/mol. The minimum absolute atomic E-state index is 0.244. The van der Waals surface area contributed by atoms with Crippen molar-refractivity contribution in [1.29, 1.82) is 5.26 Å². The molecule has 0 amide bonds. The van der Waals surface area contributed by atoms with E-state index in [9.17, 15) is 5.11 Å². The van der Waals surface area contributed by atoms with Crippen LogP contribution < -0.4 is 0 Å². The van der Waals surface area contributed by atoms with Crippen LogP contribution in [0.5, 0.6) is 0 Å². The largest absolute Gasteiger partial charge is 0.391 e. The average Bonchev–Trinajstić information content (AvgIpc) is 2.19. The topological polar surface area (TPSA) is 50.5 Å². The van der Waals surface area contributed by atoms with Gasteiger partial charge >= 0.3 is 0 Å². The van der Waals surface area contributed by atoms with Crippen molar-refractivity contribution in [2.24, 2.45) is 0 Å². The van der Waals surface area contributed by atoms with Gasteiger partial charge in [0, 0.05) is 32.7 Å². The van der Waals surface area contributed by atoms with Gasteiger partial charge in [-0.1, -0.05) is 6.92 Å². The quantitative estimate of drug-likeness (QED) is 0.683. The number of aliphatic hydroxyl groups excluding tert-OH is 1. The third-order valence-electron chi connectivity index (χ3n) is 2.71. The molecule has 0 spiro atoms. The van der Waals surface area contributed by atoms with Gasteiger partial charge in [0.1, 0.15) is 0 Å². The summed E-state index contributed by atoms with van der Waals surface area (Å²) in [5, 5.41) is 17.9. The zero-order valence-corrected chi connectivity index (χ0v) is 8.82. The number of nitriles is 1. The van der Waals surface area contributed by atoms with Crippen LogP contribution in [0.4, 0.5) is 0 Å². The standard InChI is InChI=1S/C10H19N3O/c1-2-12-5-7-13(8-6-12)9-10(14)3-4-11/h10,14H,2-3,5-9H2,1H3. The molecule has 1 N–H and O–H groups in total. The van der Waals surface area contributed by atoms with Gasteiger partial charge in [0.15, 0.2) is 0 Å². The van der Waals surface area contributed by atoms with Crippen molar-refractivity contribution in [3.63, 3.8) is 0 Å². The van der Waals surface area contributed by atoms with Crippen LogP contribution in [0.2, 0.25) is 0 Å². The van der Waals surface area contributed by atoms with Crippen LogP contribution >= 0.6 is 0 Å². The summed E-state index contributed by atoms with van der Waals surface area (Å²) in [5.41, 5.74) is 0. The fourth-order valence-electron chi connectivity index (χ4n) is 1.76. The number of hydrogen-bond donors (Lipinski definition) is 1. The number of piperazine rings is 1. The van der Waals surface area contributed by atoms with Crippen LogP contribution in [0.15, 0.2) is 0 Å². The predicted octanol–water partition coefficient (Wildman–Crippen LogP) is -0.102. The molecule has 0 aromatic heterocycles. The van der Waals surface area contributed by atoms with Crippen molar-refractivity contribution in [1.82, 2.24) is 9.80 Å².